The van der Waals surface area contributed by atoms with Gasteiger partial charge >= 0.3 is 0 Å². The van der Waals surface area contributed by atoms with Crippen molar-refractivity contribution in [2.24, 2.45) is 17.8 Å². The molecule has 22 heavy (non-hydrogen) atoms. The van der Waals surface area contributed by atoms with Gasteiger partial charge in [0.2, 0.25) is 0 Å². The molecule has 0 aromatic carbocycles. The predicted octanol–water partition coefficient (Wildman–Crippen LogP) is 7.18. The van der Waals surface area contributed by atoms with Crippen LogP contribution in [0.3, 0.4) is 0 Å². The summed E-state index contributed by atoms with van der Waals surface area (Å²) < 4.78 is 0. The second-order valence-electron chi connectivity index (χ2n) is 7.77. The largest absolute Gasteiger partial charge is 0.300 e. The van der Waals surface area contributed by atoms with E-state index >= 15 is 0 Å². The maximum absolute atomic E-state index is 11.3. The molecule has 2 unspecified atom stereocenters. The number of ketones is 1. The van der Waals surface area contributed by atoms with Crippen LogP contribution in [-0.2, 0) is 4.79 Å². The fourth-order valence-corrected chi connectivity index (χ4v) is 3.26. The minimum atomic E-state index is 0.434. The van der Waals surface area contributed by atoms with E-state index in [0.29, 0.717) is 12.2 Å². The number of carbonyl (C=O) groups excluding carboxylic acids is 1. The number of carbonyl (C=O) groups is 1. The van der Waals surface area contributed by atoms with Crippen LogP contribution in [0.4, 0.5) is 0 Å². The van der Waals surface area contributed by atoms with Crippen LogP contribution < -0.4 is 0 Å². The molecular weight excluding hydrogens is 268 g/mol. The van der Waals surface area contributed by atoms with Crippen molar-refractivity contribution in [2.45, 2.75) is 112 Å². The van der Waals surface area contributed by atoms with Gasteiger partial charge in [0.15, 0.2) is 0 Å². The summed E-state index contributed by atoms with van der Waals surface area (Å²) in [6.45, 7) is 11.4. The van der Waals surface area contributed by atoms with Gasteiger partial charge in [-0.05, 0) is 24.2 Å². The lowest BCUT2D eigenvalue weighted by atomic mass is 9.89. The van der Waals surface area contributed by atoms with Crippen LogP contribution >= 0.6 is 0 Å². The minimum Gasteiger partial charge on any atom is -0.300 e. The Morgan fingerprint density at radius 1 is 0.773 bits per heavy atom. The van der Waals surface area contributed by atoms with Gasteiger partial charge in [-0.15, -0.1) is 0 Å². The second kappa shape index (κ2) is 14.3. The topological polar surface area (TPSA) is 17.1 Å². The van der Waals surface area contributed by atoms with E-state index in [1.807, 2.05) is 6.92 Å². The molecule has 1 heteroatoms. The van der Waals surface area contributed by atoms with Gasteiger partial charge < -0.3 is 0 Å². The van der Waals surface area contributed by atoms with Crippen LogP contribution in [0.25, 0.3) is 0 Å². The molecule has 0 N–H and O–H groups in total. The van der Waals surface area contributed by atoms with Crippen LogP contribution in [0.15, 0.2) is 0 Å². The van der Waals surface area contributed by atoms with Gasteiger partial charge in [0, 0.05) is 12.8 Å². The van der Waals surface area contributed by atoms with Crippen LogP contribution in [0, 0.1) is 17.8 Å². The first-order chi connectivity index (χ1) is 10.5. The van der Waals surface area contributed by atoms with Crippen molar-refractivity contribution in [2.75, 3.05) is 0 Å². The zero-order valence-corrected chi connectivity index (χ0v) is 16.1. The molecule has 0 aromatic rings. The normalized spacial score (nSPS) is 14.3. The van der Waals surface area contributed by atoms with Crippen molar-refractivity contribution < 1.29 is 4.79 Å². The van der Waals surface area contributed by atoms with Gasteiger partial charge in [0.1, 0.15) is 5.78 Å². The second-order valence-corrected chi connectivity index (χ2v) is 7.77. The van der Waals surface area contributed by atoms with E-state index in [2.05, 4.69) is 27.7 Å². The highest BCUT2D eigenvalue weighted by molar-refractivity contribution is 5.77. The highest BCUT2D eigenvalue weighted by Gasteiger charge is 2.09. The summed E-state index contributed by atoms with van der Waals surface area (Å²) in [6, 6.07) is 0. The van der Waals surface area contributed by atoms with Gasteiger partial charge in [-0.2, -0.15) is 0 Å². The van der Waals surface area contributed by atoms with Gasteiger partial charge in [-0.25, -0.2) is 0 Å². The third-order valence-corrected chi connectivity index (χ3v) is 5.08. The van der Waals surface area contributed by atoms with Gasteiger partial charge in [-0.3, -0.25) is 4.79 Å². The molecule has 0 bridgehead atoms. The third-order valence-electron chi connectivity index (χ3n) is 5.08. The van der Waals surface area contributed by atoms with Gasteiger partial charge in [0.25, 0.3) is 0 Å². The molecule has 0 rings (SSSR count). The van der Waals surface area contributed by atoms with Crippen LogP contribution in [0.2, 0.25) is 0 Å². The lowest BCUT2D eigenvalue weighted by molar-refractivity contribution is -0.118. The summed E-state index contributed by atoms with van der Waals surface area (Å²) in [4.78, 5) is 11.3. The van der Waals surface area contributed by atoms with Crippen molar-refractivity contribution in [1.82, 2.24) is 0 Å². The molecule has 0 saturated heterocycles. The average Bonchev–Trinajstić information content (AvgIpc) is 2.48. The van der Waals surface area contributed by atoms with Gasteiger partial charge in [0.05, 0.1) is 0 Å². The van der Waals surface area contributed by atoms with Crippen LogP contribution in [0.1, 0.15) is 112 Å². The zero-order valence-electron chi connectivity index (χ0n) is 16.1. The summed E-state index contributed by atoms with van der Waals surface area (Å²) in [5.74, 6) is 3.08. The van der Waals surface area contributed by atoms with E-state index in [4.69, 9.17) is 0 Å². The zero-order chi connectivity index (χ0) is 16.8. The molecule has 0 aliphatic rings. The SMILES string of the molecule is CCC(=O)CCCCC(CC)CCCC(C)CCCC(C)C. The summed E-state index contributed by atoms with van der Waals surface area (Å²) in [5.41, 5.74) is 0. The Bertz CT molecular complexity index is 257. The molecule has 0 aliphatic heterocycles. The van der Waals surface area contributed by atoms with Crippen molar-refractivity contribution in [1.29, 1.82) is 0 Å². The van der Waals surface area contributed by atoms with Crippen LogP contribution in [0.5, 0.6) is 0 Å². The van der Waals surface area contributed by atoms with E-state index in [9.17, 15) is 4.79 Å². The first-order valence-corrected chi connectivity index (χ1v) is 10.0. The van der Waals surface area contributed by atoms with E-state index in [-0.39, 0.29) is 0 Å². The first-order valence-electron chi connectivity index (χ1n) is 10.0. The predicted molar refractivity (Wildman–Crippen MR) is 99.3 cm³/mol. The Labute approximate surface area is 140 Å². The molecular formula is C21H42O. The third kappa shape index (κ3) is 13.3. The fourth-order valence-electron chi connectivity index (χ4n) is 3.26. The highest BCUT2D eigenvalue weighted by atomic mass is 16.1. The van der Waals surface area contributed by atoms with E-state index in [1.165, 1.54) is 57.8 Å². The number of Topliss-reactive ketones (excluding diaryl/α,β-unsaturated/α-hetero) is 1. The number of rotatable bonds is 15. The van der Waals surface area contributed by atoms with Gasteiger partial charge in [-0.1, -0.05) is 92.4 Å². The molecule has 0 radical (unpaired) electrons. The van der Waals surface area contributed by atoms with Crippen molar-refractivity contribution in [3.8, 4) is 0 Å². The van der Waals surface area contributed by atoms with Crippen molar-refractivity contribution >= 4 is 5.78 Å². The Balaban J connectivity index is 3.61. The summed E-state index contributed by atoms with van der Waals surface area (Å²) in [7, 11) is 0. The molecule has 0 aliphatic carbocycles. The smallest absolute Gasteiger partial charge is 0.132 e. The Hall–Kier alpha value is -0.330. The molecule has 132 valence electrons. The quantitative estimate of drug-likeness (QED) is 0.293. The molecule has 0 heterocycles. The summed E-state index contributed by atoms with van der Waals surface area (Å²) in [6.07, 6.45) is 14.9. The number of hydrogen-bond donors (Lipinski definition) is 0. The molecule has 0 aromatic heterocycles. The van der Waals surface area contributed by atoms with Crippen molar-refractivity contribution in [3.05, 3.63) is 0 Å². The lowest BCUT2D eigenvalue weighted by Gasteiger charge is -2.17. The monoisotopic (exact) mass is 310 g/mol. The number of hydrogen-bond acceptors (Lipinski definition) is 1. The standard InChI is InChI=1S/C21H42O/c1-6-20(15-8-9-17-21(22)7-2)16-11-14-19(5)13-10-12-18(3)4/h18-20H,6-17H2,1-5H3. The Morgan fingerprint density at radius 3 is 1.91 bits per heavy atom. The molecule has 1 nitrogen and oxygen atoms in total. The molecule has 0 amide bonds. The maximum atomic E-state index is 11.3. The summed E-state index contributed by atoms with van der Waals surface area (Å²) in [5, 5.41) is 0. The van der Waals surface area contributed by atoms with Crippen molar-refractivity contribution in [3.63, 3.8) is 0 Å². The first kappa shape index (κ1) is 21.7. The minimum absolute atomic E-state index is 0.434. The van der Waals surface area contributed by atoms with E-state index < -0.39 is 0 Å². The maximum Gasteiger partial charge on any atom is 0.132 e. The Morgan fingerprint density at radius 2 is 1.36 bits per heavy atom. The molecule has 0 fully saturated rings. The molecule has 2 atom stereocenters. The fraction of sp³-hybridized carbons (Fsp3) is 0.952. The van der Waals surface area contributed by atoms with E-state index in [0.717, 1.165) is 30.6 Å². The average molecular weight is 311 g/mol. The molecule has 0 saturated carbocycles. The number of unbranched alkanes of at least 4 members (excludes halogenated alkanes) is 1. The van der Waals surface area contributed by atoms with Crippen LogP contribution in [-0.4, -0.2) is 5.78 Å². The lowest BCUT2D eigenvalue weighted by Crippen LogP contribution is -2.03. The molecule has 0 spiro atoms. The highest BCUT2D eigenvalue weighted by Crippen LogP contribution is 2.23. The summed E-state index contributed by atoms with van der Waals surface area (Å²) >= 11 is 0. The van der Waals surface area contributed by atoms with E-state index in [1.54, 1.807) is 0 Å². The Kier molecular flexibility index (Phi) is 14.1.